The fraction of sp³-hybridized carbons (Fsp3) is 0.333. The smallest absolute Gasteiger partial charge is 0.161 e. The van der Waals surface area contributed by atoms with Crippen LogP contribution >= 0.6 is 0 Å². The Morgan fingerprint density at radius 3 is 3.14 bits per heavy atom. The predicted octanol–water partition coefficient (Wildman–Crippen LogP) is 0.793. The van der Waals surface area contributed by atoms with Crippen molar-refractivity contribution in [2.24, 2.45) is 0 Å². The molecule has 0 fully saturated rings. The Labute approximate surface area is 80.0 Å². The molecule has 4 nitrogen and oxygen atoms in total. The maximum atomic E-state index is 13.4. The monoisotopic (exact) mass is 195 g/mol. The lowest BCUT2D eigenvalue weighted by atomic mass is 10.1. The number of fused-ring (bicyclic) bond motifs is 1. The minimum Gasteiger partial charge on any atom is -0.396 e. The van der Waals surface area contributed by atoms with Crippen LogP contribution in [-0.4, -0.2) is 26.3 Å². The normalized spacial score (nSPS) is 11.0. The molecule has 0 aliphatic rings. The van der Waals surface area contributed by atoms with E-state index in [9.17, 15) is 4.39 Å². The molecule has 5 heteroatoms. The van der Waals surface area contributed by atoms with E-state index in [1.807, 2.05) is 0 Å². The molecule has 0 spiro atoms. The third-order valence-corrected chi connectivity index (χ3v) is 2.07. The van der Waals surface area contributed by atoms with Crippen LogP contribution in [-0.2, 0) is 6.42 Å². The highest BCUT2D eigenvalue weighted by atomic mass is 19.1. The zero-order chi connectivity index (χ0) is 9.97. The lowest BCUT2D eigenvalue weighted by Gasteiger charge is -2.01. The number of aryl methyl sites for hydroxylation is 1. The molecule has 0 aliphatic heterocycles. The first-order valence-electron chi connectivity index (χ1n) is 4.40. The summed E-state index contributed by atoms with van der Waals surface area (Å²) in [5, 5.41) is 16.1. The molecule has 0 aromatic carbocycles. The second-order valence-corrected chi connectivity index (χ2v) is 3.07. The van der Waals surface area contributed by atoms with E-state index in [4.69, 9.17) is 5.11 Å². The highest BCUT2D eigenvalue weighted by Gasteiger charge is 2.05. The SMILES string of the molecule is OCCCc1cc2nncn2cc1F. The van der Waals surface area contributed by atoms with Crippen LogP contribution in [0.2, 0.25) is 0 Å². The molecule has 1 N–H and O–H groups in total. The van der Waals surface area contributed by atoms with E-state index in [-0.39, 0.29) is 12.4 Å². The first-order chi connectivity index (χ1) is 6.81. The van der Waals surface area contributed by atoms with Gasteiger partial charge in [0.25, 0.3) is 0 Å². The average Bonchev–Trinajstić information content (AvgIpc) is 2.61. The lowest BCUT2D eigenvalue weighted by Crippen LogP contribution is -1.96. The molecule has 0 unspecified atom stereocenters. The van der Waals surface area contributed by atoms with Crippen LogP contribution in [0.15, 0.2) is 18.6 Å². The molecular weight excluding hydrogens is 185 g/mol. The van der Waals surface area contributed by atoms with E-state index in [0.29, 0.717) is 24.1 Å². The van der Waals surface area contributed by atoms with Gasteiger partial charge < -0.3 is 5.11 Å². The summed E-state index contributed by atoms with van der Waals surface area (Å²) >= 11 is 0. The molecule has 0 atom stereocenters. The Balaban J connectivity index is 2.38. The molecule has 2 rings (SSSR count). The van der Waals surface area contributed by atoms with Crippen molar-refractivity contribution in [2.45, 2.75) is 12.8 Å². The average molecular weight is 195 g/mol. The first kappa shape index (κ1) is 9.08. The van der Waals surface area contributed by atoms with Crippen LogP contribution in [0.3, 0.4) is 0 Å². The molecule has 0 saturated carbocycles. The van der Waals surface area contributed by atoms with E-state index in [2.05, 4.69) is 10.2 Å². The van der Waals surface area contributed by atoms with Crippen molar-refractivity contribution in [3.63, 3.8) is 0 Å². The van der Waals surface area contributed by atoms with Crippen molar-refractivity contribution in [1.29, 1.82) is 0 Å². The number of aliphatic hydroxyl groups excluding tert-OH is 1. The topological polar surface area (TPSA) is 50.4 Å². The van der Waals surface area contributed by atoms with Gasteiger partial charge in [0.05, 0.1) is 0 Å². The molecule has 0 aliphatic carbocycles. The van der Waals surface area contributed by atoms with Crippen LogP contribution < -0.4 is 0 Å². The van der Waals surface area contributed by atoms with Gasteiger partial charge in [0, 0.05) is 12.8 Å². The molecule has 14 heavy (non-hydrogen) atoms. The van der Waals surface area contributed by atoms with Crippen LogP contribution in [0.1, 0.15) is 12.0 Å². The van der Waals surface area contributed by atoms with Crippen molar-refractivity contribution < 1.29 is 9.50 Å². The number of aliphatic hydroxyl groups is 1. The van der Waals surface area contributed by atoms with Crippen molar-refractivity contribution in [3.05, 3.63) is 30.0 Å². The van der Waals surface area contributed by atoms with Crippen molar-refractivity contribution >= 4 is 5.65 Å². The molecule has 74 valence electrons. The van der Waals surface area contributed by atoms with Gasteiger partial charge in [-0.1, -0.05) is 0 Å². The third kappa shape index (κ3) is 1.58. The third-order valence-electron chi connectivity index (χ3n) is 2.07. The molecule has 2 aromatic heterocycles. The maximum absolute atomic E-state index is 13.4. The Bertz CT molecular complexity index is 441. The summed E-state index contributed by atoms with van der Waals surface area (Å²) in [4.78, 5) is 0. The fourth-order valence-electron chi connectivity index (χ4n) is 1.35. The van der Waals surface area contributed by atoms with Crippen molar-refractivity contribution in [1.82, 2.24) is 14.6 Å². The number of nitrogens with zero attached hydrogens (tertiary/aromatic N) is 3. The van der Waals surface area contributed by atoms with E-state index in [1.54, 1.807) is 6.07 Å². The lowest BCUT2D eigenvalue weighted by molar-refractivity contribution is 0.288. The fourth-order valence-corrected chi connectivity index (χ4v) is 1.35. The van der Waals surface area contributed by atoms with Gasteiger partial charge >= 0.3 is 0 Å². The van der Waals surface area contributed by atoms with Crippen LogP contribution in [0, 0.1) is 5.82 Å². The van der Waals surface area contributed by atoms with E-state index in [1.165, 1.54) is 16.9 Å². The molecular formula is C9H10FN3O. The van der Waals surface area contributed by atoms with Crippen LogP contribution in [0.5, 0.6) is 0 Å². The summed E-state index contributed by atoms with van der Waals surface area (Å²) < 4.78 is 14.9. The number of rotatable bonds is 3. The van der Waals surface area contributed by atoms with Gasteiger partial charge in [-0.3, -0.25) is 4.40 Å². The van der Waals surface area contributed by atoms with E-state index >= 15 is 0 Å². The van der Waals surface area contributed by atoms with Gasteiger partial charge in [-0.05, 0) is 24.5 Å². The molecule has 0 saturated heterocycles. The summed E-state index contributed by atoms with van der Waals surface area (Å²) in [5.41, 5.74) is 1.19. The highest BCUT2D eigenvalue weighted by molar-refractivity contribution is 5.40. The predicted molar refractivity (Wildman–Crippen MR) is 48.4 cm³/mol. The number of halogens is 1. The van der Waals surface area contributed by atoms with Gasteiger partial charge in [-0.15, -0.1) is 10.2 Å². The number of aromatic nitrogens is 3. The Kier molecular flexibility index (Phi) is 2.41. The minimum atomic E-state index is -0.286. The molecule has 2 heterocycles. The number of hydrogen-bond donors (Lipinski definition) is 1. The Morgan fingerprint density at radius 2 is 2.36 bits per heavy atom. The van der Waals surface area contributed by atoms with E-state index < -0.39 is 0 Å². The van der Waals surface area contributed by atoms with Gasteiger partial charge in [0.1, 0.15) is 12.1 Å². The van der Waals surface area contributed by atoms with Crippen LogP contribution in [0.4, 0.5) is 4.39 Å². The first-order valence-corrected chi connectivity index (χ1v) is 4.40. The Hall–Kier alpha value is -1.49. The quantitative estimate of drug-likeness (QED) is 0.787. The second kappa shape index (κ2) is 3.71. The van der Waals surface area contributed by atoms with Gasteiger partial charge in [-0.25, -0.2) is 4.39 Å². The van der Waals surface area contributed by atoms with E-state index in [0.717, 1.165) is 0 Å². The molecule has 2 aromatic rings. The maximum Gasteiger partial charge on any atom is 0.161 e. The van der Waals surface area contributed by atoms with Crippen LogP contribution in [0.25, 0.3) is 5.65 Å². The standard InChI is InChI=1S/C9H10FN3O/c10-8-5-13-6-11-12-9(13)4-7(8)2-1-3-14/h4-6,14H,1-3H2. The zero-order valence-electron chi connectivity index (χ0n) is 7.52. The number of hydrogen-bond acceptors (Lipinski definition) is 3. The summed E-state index contributed by atoms with van der Waals surface area (Å²) in [7, 11) is 0. The van der Waals surface area contributed by atoms with Crippen molar-refractivity contribution in [2.75, 3.05) is 6.61 Å². The molecule has 0 radical (unpaired) electrons. The second-order valence-electron chi connectivity index (χ2n) is 3.07. The Morgan fingerprint density at radius 1 is 1.50 bits per heavy atom. The summed E-state index contributed by atoms with van der Waals surface area (Å²) in [6.07, 6.45) is 3.88. The van der Waals surface area contributed by atoms with Gasteiger partial charge in [0.15, 0.2) is 5.65 Å². The van der Waals surface area contributed by atoms with Gasteiger partial charge in [0.2, 0.25) is 0 Å². The molecule has 0 bridgehead atoms. The highest BCUT2D eigenvalue weighted by Crippen LogP contribution is 2.11. The zero-order valence-corrected chi connectivity index (χ0v) is 7.52. The van der Waals surface area contributed by atoms with Crippen molar-refractivity contribution in [3.8, 4) is 0 Å². The summed E-state index contributed by atoms with van der Waals surface area (Å²) in [6.45, 7) is 0.0668. The largest absolute Gasteiger partial charge is 0.396 e. The summed E-state index contributed by atoms with van der Waals surface area (Å²) in [5.74, 6) is -0.286. The minimum absolute atomic E-state index is 0.0668. The number of pyridine rings is 1. The summed E-state index contributed by atoms with van der Waals surface area (Å²) in [6, 6.07) is 1.65. The molecule has 0 amide bonds. The van der Waals surface area contributed by atoms with Gasteiger partial charge in [-0.2, -0.15) is 0 Å².